The summed E-state index contributed by atoms with van der Waals surface area (Å²) in [5, 5.41) is 4.71. The average molecular weight is 336 g/mol. The molecule has 1 aliphatic rings. The molecular formula is C16H21FN4O3. The van der Waals surface area contributed by atoms with Crippen molar-refractivity contribution >= 4 is 23.7 Å². The van der Waals surface area contributed by atoms with Crippen LogP contribution in [0.1, 0.15) is 26.2 Å². The van der Waals surface area contributed by atoms with Crippen LogP contribution in [0.2, 0.25) is 0 Å². The molecular weight excluding hydrogens is 315 g/mol. The van der Waals surface area contributed by atoms with Gasteiger partial charge in [0.1, 0.15) is 5.82 Å². The highest BCUT2D eigenvalue weighted by Crippen LogP contribution is 2.24. The van der Waals surface area contributed by atoms with Crippen molar-refractivity contribution in [3.05, 3.63) is 30.1 Å². The normalized spacial score (nSPS) is 20.3. The summed E-state index contributed by atoms with van der Waals surface area (Å²) in [5.74, 6) is -1.02. The summed E-state index contributed by atoms with van der Waals surface area (Å²) >= 11 is 0. The third kappa shape index (κ3) is 4.43. The van der Waals surface area contributed by atoms with Crippen LogP contribution in [0.3, 0.4) is 0 Å². The zero-order chi connectivity index (χ0) is 17.7. The number of nitrogens with zero attached hydrogens (tertiary/aromatic N) is 1. The largest absolute Gasteiger partial charge is 0.369 e. The first-order chi connectivity index (χ1) is 11.4. The molecule has 2 rings (SSSR count). The van der Waals surface area contributed by atoms with E-state index in [0.29, 0.717) is 31.5 Å². The molecule has 1 aromatic carbocycles. The molecule has 0 aliphatic carbocycles. The first-order valence-electron chi connectivity index (χ1n) is 7.84. The van der Waals surface area contributed by atoms with Crippen LogP contribution in [-0.4, -0.2) is 35.5 Å². The van der Waals surface area contributed by atoms with E-state index in [-0.39, 0.29) is 17.9 Å². The summed E-state index contributed by atoms with van der Waals surface area (Å²) < 4.78 is 12.8. The van der Waals surface area contributed by atoms with Crippen LogP contribution in [0, 0.1) is 11.7 Å². The molecule has 0 spiro atoms. The predicted octanol–water partition coefficient (Wildman–Crippen LogP) is 2.04. The molecule has 24 heavy (non-hydrogen) atoms. The number of imide groups is 1. The summed E-state index contributed by atoms with van der Waals surface area (Å²) in [6.07, 6.45) is 1.65. The number of amides is 5. The predicted molar refractivity (Wildman–Crippen MR) is 86.7 cm³/mol. The monoisotopic (exact) mass is 336 g/mol. The molecule has 1 fully saturated rings. The van der Waals surface area contributed by atoms with Gasteiger partial charge in [0.2, 0.25) is 5.91 Å². The van der Waals surface area contributed by atoms with Gasteiger partial charge in [0.25, 0.3) is 0 Å². The molecule has 2 unspecified atom stereocenters. The van der Waals surface area contributed by atoms with Crippen molar-refractivity contribution in [2.24, 2.45) is 11.7 Å². The minimum absolute atomic E-state index is 0.144. The Morgan fingerprint density at radius 1 is 1.29 bits per heavy atom. The quantitative estimate of drug-likeness (QED) is 0.786. The minimum Gasteiger partial charge on any atom is -0.369 e. The zero-order valence-corrected chi connectivity index (χ0v) is 13.4. The average Bonchev–Trinajstić information content (AvgIpc) is 2.56. The smallest absolute Gasteiger partial charge is 0.327 e. The van der Waals surface area contributed by atoms with Crippen LogP contribution in [-0.2, 0) is 4.79 Å². The topological polar surface area (TPSA) is 105 Å². The van der Waals surface area contributed by atoms with Gasteiger partial charge in [0.15, 0.2) is 0 Å². The molecule has 2 atom stereocenters. The van der Waals surface area contributed by atoms with Gasteiger partial charge in [-0.25, -0.2) is 14.0 Å². The summed E-state index contributed by atoms with van der Waals surface area (Å²) in [7, 11) is 0. The summed E-state index contributed by atoms with van der Waals surface area (Å²) in [6.45, 7) is 2.27. The van der Waals surface area contributed by atoms with E-state index in [9.17, 15) is 18.8 Å². The number of rotatable bonds is 3. The molecule has 1 aliphatic heterocycles. The number of benzene rings is 1. The number of nitrogens with one attached hydrogen (secondary N) is 2. The fourth-order valence-electron chi connectivity index (χ4n) is 2.83. The second-order valence-corrected chi connectivity index (χ2v) is 5.77. The maximum Gasteiger partial charge on any atom is 0.327 e. The van der Waals surface area contributed by atoms with Gasteiger partial charge >= 0.3 is 12.1 Å². The van der Waals surface area contributed by atoms with E-state index < -0.39 is 17.9 Å². The van der Waals surface area contributed by atoms with Crippen LogP contribution in [0.15, 0.2) is 24.3 Å². The Kier molecular flexibility index (Phi) is 5.73. The Morgan fingerprint density at radius 2 is 1.96 bits per heavy atom. The Hall–Kier alpha value is -2.64. The molecule has 130 valence electrons. The lowest BCUT2D eigenvalue weighted by Gasteiger charge is -2.37. The Bertz CT molecular complexity index is 620. The number of likely N-dealkylation sites (tertiary alicyclic amines) is 1. The maximum absolute atomic E-state index is 12.8. The molecule has 1 saturated heterocycles. The molecule has 0 saturated carbocycles. The number of hydrogen-bond acceptors (Lipinski definition) is 3. The third-order valence-electron chi connectivity index (χ3n) is 4.17. The first-order valence-corrected chi connectivity index (χ1v) is 7.84. The Labute approximate surface area is 139 Å². The lowest BCUT2D eigenvalue weighted by Crippen LogP contribution is -2.53. The molecule has 5 amide bonds. The number of carbonyl (C=O) groups is 3. The Morgan fingerprint density at radius 3 is 2.54 bits per heavy atom. The van der Waals surface area contributed by atoms with Crippen LogP contribution in [0.4, 0.5) is 19.7 Å². The van der Waals surface area contributed by atoms with E-state index in [0.717, 1.165) is 0 Å². The maximum atomic E-state index is 12.8. The second-order valence-electron chi connectivity index (χ2n) is 5.77. The van der Waals surface area contributed by atoms with Gasteiger partial charge in [-0.3, -0.25) is 10.1 Å². The van der Waals surface area contributed by atoms with E-state index in [1.165, 1.54) is 24.3 Å². The first kappa shape index (κ1) is 17.7. The molecule has 7 nitrogen and oxygen atoms in total. The van der Waals surface area contributed by atoms with Crippen LogP contribution in [0.25, 0.3) is 0 Å². The fourth-order valence-corrected chi connectivity index (χ4v) is 2.83. The number of urea groups is 2. The highest BCUT2D eigenvalue weighted by molar-refractivity contribution is 6.00. The number of carbonyl (C=O) groups excluding carboxylic acids is 3. The molecule has 1 aromatic rings. The van der Waals surface area contributed by atoms with E-state index in [4.69, 9.17) is 5.73 Å². The van der Waals surface area contributed by atoms with Crippen LogP contribution >= 0.6 is 0 Å². The van der Waals surface area contributed by atoms with E-state index in [1.54, 1.807) is 4.90 Å². The van der Waals surface area contributed by atoms with Crippen molar-refractivity contribution in [3.8, 4) is 0 Å². The van der Waals surface area contributed by atoms with Crippen LogP contribution < -0.4 is 16.4 Å². The van der Waals surface area contributed by atoms with Crippen molar-refractivity contribution in [1.29, 1.82) is 0 Å². The fraction of sp³-hybridized carbons (Fsp3) is 0.438. The Balaban J connectivity index is 1.92. The van der Waals surface area contributed by atoms with Crippen molar-refractivity contribution in [1.82, 2.24) is 10.2 Å². The molecule has 1 heterocycles. The number of piperidine rings is 1. The van der Waals surface area contributed by atoms with Crippen molar-refractivity contribution < 1.29 is 18.8 Å². The number of nitrogens with two attached hydrogens (primary N) is 1. The van der Waals surface area contributed by atoms with Gasteiger partial charge in [-0.2, -0.15) is 0 Å². The van der Waals surface area contributed by atoms with Gasteiger partial charge in [-0.1, -0.05) is 6.92 Å². The minimum atomic E-state index is -0.696. The highest BCUT2D eigenvalue weighted by Gasteiger charge is 2.33. The standard InChI is InChI=1S/C16H21FN4O3/c1-2-13-9-10(14(18)22)7-8-21(13)16(24)20-15(23)19-12-5-3-11(17)4-6-12/h3-6,10,13H,2,7-9H2,1H3,(H2,18,22)(H2,19,20,23,24). The summed E-state index contributed by atoms with van der Waals surface area (Å²) in [5.41, 5.74) is 5.71. The van der Waals surface area contributed by atoms with E-state index in [2.05, 4.69) is 10.6 Å². The van der Waals surface area contributed by atoms with E-state index >= 15 is 0 Å². The van der Waals surface area contributed by atoms with Gasteiger partial charge in [-0.05, 0) is 43.5 Å². The SMILES string of the molecule is CCC1CC(C(N)=O)CCN1C(=O)NC(=O)Nc1ccc(F)cc1. The molecule has 0 radical (unpaired) electrons. The van der Waals surface area contributed by atoms with Gasteiger partial charge < -0.3 is 16.0 Å². The number of anilines is 1. The zero-order valence-electron chi connectivity index (χ0n) is 13.4. The lowest BCUT2D eigenvalue weighted by atomic mass is 9.89. The van der Waals surface area contributed by atoms with E-state index in [1.807, 2.05) is 6.92 Å². The van der Waals surface area contributed by atoms with Crippen molar-refractivity contribution in [3.63, 3.8) is 0 Å². The highest BCUT2D eigenvalue weighted by atomic mass is 19.1. The lowest BCUT2D eigenvalue weighted by molar-refractivity contribution is -0.123. The molecule has 0 bridgehead atoms. The summed E-state index contributed by atoms with van der Waals surface area (Å²) in [6, 6.07) is 3.84. The number of hydrogen-bond donors (Lipinski definition) is 3. The van der Waals surface area contributed by atoms with Crippen molar-refractivity contribution in [2.75, 3.05) is 11.9 Å². The van der Waals surface area contributed by atoms with Gasteiger partial charge in [0.05, 0.1) is 0 Å². The third-order valence-corrected chi connectivity index (χ3v) is 4.17. The van der Waals surface area contributed by atoms with Gasteiger partial charge in [-0.15, -0.1) is 0 Å². The molecule has 4 N–H and O–H groups in total. The van der Waals surface area contributed by atoms with Crippen LogP contribution in [0.5, 0.6) is 0 Å². The number of halogens is 1. The molecule has 0 aromatic heterocycles. The summed E-state index contributed by atoms with van der Waals surface area (Å²) in [4.78, 5) is 37.0. The number of primary amides is 1. The van der Waals surface area contributed by atoms with Gasteiger partial charge in [0, 0.05) is 24.2 Å². The molecule has 8 heteroatoms. The second kappa shape index (κ2) is 7.76. The van der Waals surface area contributed by atoms with Crippen molar-refractivity contribution in [2.45, 2.75) is 32.2 Å².